The molecule has 0 bridgehead atoms. The van der Waals surface area contributed by atoms with E-state index in [4.69, 9.17) is 16.2 Å². The molecule has 0 aromatic carbocycles. The van der Waals surface area contributed by atoms with E-state index in [-0.39, 0.29) is 11.9 Å². The van der Waals surface area contributed by atoms with Gasteiger partial charge in [-0.3, -0.25) is 5.41 Å². The Bertz CT molecular complexity index is 125. The number of aliphatic hydroxyl groups is 1. The molecule has 0 spiro atoms. The summed E-state index contributed by atoms with van der Waals surface area (Å²) in [7, 11) is 1.90. The third-order valence-corrected chi connectivity index (χ3v) is 1.34. The molecule has 0 saturated carbocycles. The zero-order valence-electron chi connectivity index (χ0n) is 7.17. The van der Waals surface area contributed by atoms with Crippen molar-refractivity contribution in [1.82, 2.24) is 4.90 Å². The fourth-order valence-corrected chi connectivity index (χ4v) is 0.854. The van der Waals surface area contributed by atoms with Crippen LogP contribution in [0, 0.1) is 5.41 Å². The Morgan fingerprint density at radius 1 is 1.73 bits per heavy atom. The highest BCUT2D eigenvalue weighted by atomic mass is 16.3. The first kappa shape index (κ1) is 10.4. The lowest BCUT2D eigenvalue weighted by atomic mass is 10.3. The first-order valence-electron chi connectivity index (χ1n) is 3.72. The molecule has 0 aliphatic heterocycles. The summed E-state index contributed by atoms with van der Waals surface area (Å²) in [6.45, 7) is 3.11. The molecule has 11 heavy (non-hydrogen) atoms. The summed E-state index contributed by atoms with van der Waals surface area (Å²) in [4.78, 5) is 1.95. The Balaban J connectivity index is 3.37. The van der Waals surface area contributed by atoms with Crippen molar-refractivity contribution in [3.63, 3.8) is 0 Å². The van der Waals surface area contributed by atoms with Crippen molar-refractivity contribution in [3.05, 3.63) is 0 Å². The topological polar surface area (TPSA) is 73.3 Å². The molecule has 66 valence electrons. The van der Waals surface area contributed by atoms with Crippen LogP contribution in [0.3, 0.4) is 0 Å². The Kier molecular flexibility index (Phi) is 4.81. The summed E-state index contributed by atoms with van der Waals surface area (Å²) in [5, 5.41) is 15.9. The van der Waals surface area contributed by atoms with Crippen LogP contribution >= 0.6 is 0 Å². The monoisotopic (exact) mass is 159 g/mol. The summed E-state index contributed by atoms with van der Waals surface area (Å²) in [5.41, 5.74) is 5.17. The second-order valence-corrected chi connectivity index (χ2v) is 2.89. The standard InChI is InChI=1S/C7H17N3O/c1-6(11)5-10(2)4-3-7(8)9/h6,11H,3-5H2,1-2H3,(H3,8,9). The number of nitrogens with two attached hydrogens (primary N) is 1. The van der Waals surface area contributed by atoms with E-state index in [2.05, 4.69) is 0 Å². The van der Waals surface area contributed by atoms with E-state index in [1.165, 1.54) is 0 Å². The van der Waals surface area contributed by atoms with Gasteiger partial charge < -0.3 is 15.7 Å². The normalized spacial score (nSPS) is 13.5. The van der Waals surface area contributed by atoms with Crippen molar-refractivity contribution in [2.45, 2.75) is 19.4 Å². The van der Waals surface area contributed by atoms with Crippen LogP contribution in [-0.2, 0) is 0 Å². The SMILES string of the molecule is CC(O)CN(C)CCC(=N)N. The molecule has 0 heterocycles. The number of nitrogens with one attached hydrogen (secondary N) is 1. The minimum atomic E-state index is -0.313. The second kappa shape index (κ2) is 5.09. The zero-order valence-corrected chi connectivity index (χ0v) is 7.17. The summed E-state index contributed by atoms with van der Waals surface area (Å²) >= 11 is 0. The van der Waals surface area contributed by atoms with Crippen LogP contribution in [0.4, 0.5) is 0 Å². The Labute approximate surface area is 67.5 Å². The van der Waals surface area contributed by atoms with Crippen molar-refractivity contribution < 1.29 is 5.11 Å². The highest BCUT2D eigenvalue weighted by Crippen LogP contribution is 1.89. The number of likely N-dealkylation sites (N-methyl/N-ethyl adjacent to an activating group) is 1. The van der Waals surface area contributed by atoms with Crippen molar-refractivity contribution in [2.24, 2.45) is 5.73 Å². The minimum Gasteiger partial charge on any atom is -0.392 e. The van der Waals surface area contributed by atoms with Gasteiger partial charge in [0, 0.05) is 19.5 Å². The van der Waals surface area contributed by atoms with E-state index in [1.54, 1.807) is 6.92 Å². The molecular formula is C7H17N3O. The van der Waals surface area contributed by atoms with E-state index in [1.807, 2.05) is 11.9 Å². The molecule has 0 aliphatic rings. The quantitative estimate of drug-likeness (QED) is 0.378. The van der Waals surface area contributed by atoms with Gasteiger partial charge in [-0.25, -0.2) is 0 Å². The fraction of sp³-hybridized carbons (Fsp3) is 0.857. The van der Waals surface area contributed by atoms with E-state index >= 15 is 0 Å². The third-order valence-electron chi connectivity index (χ3n) is 1.34. The number of amidine groups is 1. The van der Waals surface area contributed by atoms with Gasteiger partial charge in [-0.15, -0.1) is 0 Å². The average Bonchev–Trinajstić information content (AvgIpc) is 1.82. The van der Waals surface area contributed by atoms with Crippen molar-refractivity contribution in [1.29, 1.82) is 5.41 Å². The molecule has 0 amide bonds. The first-order chi connectivity index (χ1) is 5.02. The van der Waals surface area contributed by atoms with Gasteiger partial charge in [-0.1, -0.05) is 0 Å². The van der Waals surface area contributed by atoms with Gasteiger partial charge in [-0.2, -0.15) is 0 Å². The van der Waals surface area contributed by atoms with Crippen molar-refractivity contribution in [3.8, 4) is 0 Å². The van der Waals surface area contributed by atoms with Crippen LogP contribution in [0.25, 0.3) is 0 Å². The van der Waals surface area contributed by atoms with Crippen LogP contribution in [0.5, 0.6) is 0 Å². The highest BCUT2D eigenvalue weighted by Gasteiger charge is 2.02. The Morgan fingerprint density at radius 2 is 2.27 bits per heavy atom. The minimum absolute atomic E-state index is 0.197. The van der Waals surface area contributed by atoms with Gasteiger partial charge in [0.05, 0.1) is 11.9 Å². The van der Waals surface area contributed by atoms with E-state index < -0.39 is 0 Å². The van der Waals surface area contributed by atoms with Crippen LogP contribution in [0.15, 0.2) is 0 Å². The highest BCUT2D eigenvalue weighted by molar-refractivity contribution is 5.76. The maximum atomic E-state index is 8.96. The van der Waals surface area contributed by atoms with Crippen LogP contribution < -0.4 is 5.73 Å². The van der Waals surface area contributed by atoms with Gasteiger partial charge in [0.2, 0.25) is 0 Å². The molecule has 4 nitrogen and oxygen atoms in total. The number of aliphatic hydroxyl groups excluding tert-OH is 1. The van der Waals surface area contributed by atoms with Gasteiger partial charge in [0.25, 0.3) is 0 Å². The fourth-order valence-electron chi connectivity index (χ4n) is 0.854. The van der Waals surface area contributed by atoms with Crippen molar-refractivity contribution >= 4 is 5.84 Å². The molecular weight excluding hydrogens is 142 g/mol. The molecule has 0 rings (SSSR count). The molecule has 0 aromatic rings. The second-order valence-electron chi connectivity index (χ2n) is 2.89. The lowest BCUT2D eigenvalue weighted by Crippen LogP contribution is -2.30. The Morgan fingerprint density at radius 3 is 2.64 bits per heavy atom. The van der Waals surface area contributed by atoms with Crippen molar-refractivity contribution in [2.75, 3.05) is 20.1 Å². The van der Waals surface area contributed by atoms with E-state index in [0.29, 0.717) is 13.0 Å². The molecule has 1 atom stereocenters. The smallest absolute Gasteiger partial charge is 0.0918 e. The number of nitrogens with zero attached hydrogens (tertiary/aromatic N) is 1. The molecule has 0 aliphatic carbocycles. The lowest BCUT2D eigenvalue weighted by Gasteiger charge is -2.17. The predicted octanol–water partition coefficient (Wildman–Crippen LogP) is -0.375. The largest absolute Gasteiger partial charge is 0.392 e. The molecule has 1 unspecified atom stereocenters. The predicted molar refractivity (Wildman–Crippen MR) is 45.7 cm³/mol. The maximum Gasteiger partial charge on any atom is 0.0918 e. The van der Waals surface area contributed by atoms with Crippen LogP contribution in [-0.4, -0.2) is 42.1 Å². The molecule has 0 radical (unpaired) electrons. The first-order valence-corrected chi connectivity index (χ1v) is 3.72. The van der Waals surface area contributed by atoms with E-state index in [9.17, 15) is 0 Å². The van der Waals surface area contributed by atoms with Gasteiger partial charge in [0.15, 0.2) is 0 Å². The number of hydrogen-bond acceptors (Lipinski definition) is 3. The lowest BCUT2D eigenvalue weighted by molar-refractivity contribution is 0.143. The number of rotatable bonds is 5. The molecule has 0 saturated heterocycles. The van der Waals surface area contributed by atoms with Crippen LogP contribution in [0.1, 0.15) is 13.3 Å². The average molecular weight is 159 g/mol. The zero-order chi connectivity index (χ0) is 8.85. The summed E-state index contributed by atoms with van der Waals surface area (Å²) in [5.74, 6) is 0.197. The number of hydrogen-bond donors (Lipinski definition) is 3. The molecule has 4 N–H and O–H groups in total. The maximum absolute atomic E-state index is 8.96. The van der Waals surface area contributed by atoms with E-state index in [0.717, 1.165) is 6.54 Å². The summed E-state index contributed by atoms with van der Waals surface area (Å²) < 4.78 is 0. The summed E-state index contributed by atoms with van der Waals surface area (Å²) in [6.07, 6.45) is 0.260. The third kappa shape index (κ3) is 7.29. The van der Waals surface area contributed by atoms with Gasteiger partial charge in [0.1, 0.15) is 0 Å². The van der Waals surface area contributed by atoms with Gasteiger partial charge in [-0.05, 0) is 14.0 Å². The van der Waals surface area contributed by atoms with Gasteiger partial charge >= 0.3 is 0 Å². The molecule has 0 aromatic heterocycles. The summed E-state index contributed by atoms with van der Waals surface area (Å²) in [6, 6.07) is 0. The molecule has 0 fully saturated rings. The van der Waals surface area contributed by atoms with Crippen LogP contribution in [0.2, 0.25) is 0 Å². The Hall–Kier alpha value is -0.610. The molecule has 4 heteroatoms.